The van der Waals surface area contributed by atoms with Crippen LogP contribution in [-0.4, -0.2) is 10.6 Å². The minimum absolute atomic E-state index is 0.529. The molecule has 2 aromatic rings. The molecule has 1 aromatic heterocycles. The molecule has 0 unspecified atom stereocenters. The van der Waals surface area contributed by atoms with Gasteiger partial charge in [-0.2, -0.15) is 0 Å². The Hall–Kier alpha value is -0.800. The highest BCUT2D eigenvalue weighted by molar-refractivity contribution is 9.10. The van der Waals surface area contributed by atoms with Gasteiger partial charge in [0.05, 0.1) is 5.52 Å². The molecule has 0 amide bonds. The van der Waals surface area contributed by atoms with Crippen LogP contribution in [0.25, 0.3) is 10.9 Å². The number of halogens is 1. The van der Waals surface area contributed by atoms with Crippen LogP contribution in [-0.2, 0) is 19.5 Å². The summed E-state index contributed by atoms with van der Waals surface area (Å²) in [6.45, 7) is 8.71. The van der Waals surface area contributed by atoms with E-state index < -0.39 is 0 Å². The van der Waals surface area contributed by atoms with Crippen molar-refractivity contribution in [1.29, 1.82) is 0 Å². The van der Waals surface area contributed by atoms with Crippen molar-refractivity contribution < 1.29 is 0 Å². The Morgan fingerprint density at radius 3 is 2.89 bits per heavy atom. The first-order valence-corrected chi connectivity index (χ1v) is 7.90. The van der Waals surface area contributed by atoms with Crippen LogP contribution in [0.1, 0.15) is 37.1 Å². The highest BCUT2D eigenvalue weighted by Crippen LogP contribution is 2.36. The number of rotatable bonds is 3. The molecule has 0 saturated carbocycles. The van der Waals surface area contributed by atoms with Crippen LogP contribution in [0.3, 0.4) is 0 Å². The fraction of sp³-hybridized carbons (Fsp3) is 0.500. The van der Waals surface area contributed by atoms with E-state index in [1.807, 2.05) is 0 Å². The lowest BCUT2D eigenvalue weighted by atomic mass is 10.0. The van der Waals surface area contributed by atoms with Gasteiger partial charge in [-0.05, 0) is 52.9 Å². The zero-order chi connectivity index (χ0) is 13.6. The van der Waals surface area contributed by atoms with Gasteiger partial charge in [-0.15, -0.1) is 0 Å². The summed E-state index contributed by atoms with van der Waals surface area (Å²) < 4.78 is 3.75. The van der Waals surface area contributed by atoms with E-state index >= 15 is 0 Å². The summed E-state index contributed by atoms with van der Waals surface area (Å²) in [5.41, 5.74) is 5.72. The second-order valence-electron chi connectivity index (χ2n) is 5.84. The zero-order valence-corrected chi connectivity index (χ0v) is 13.5. The number of hydrogen-bond acceptors (Lipinski definition) is 1. The molecule has 3 heteroatoms. The third-order valence-corrected chi connectivity index (χ3v) is 5.02. The summed E-state index contributed by atoms with van der Waals surface area (Å²) in [7, 11) is 0. The fourth-order valence-electron chi connectivity index (χ4n) is 3.05. The number of benzene rings is 1. The van der Waals surface area contributed by atoms with Crippen LogP contribution in [0.2, 0.25) is 0 Å². The molecule has 0 bridgehead atoms. The van der Waals surface area contributed by atoms with Gasteiger partial charge in [-0.1, -0.05) is 19.9 Å². The van der Waals surface area contributed by atoms with E-state index in [1.165, 1.54) is 45.0 Å². The van der Waals surface area contributed by atoms with Crippen molar-refractivity contribution in [2.24, 2.45) is 0 Å². The van der Waals surface area contributed by atoms with Crippen LogP contribution >= 0.6 is 15.9 Å². The molecular weight excluding hydrogens is 300 g/mol. The summed E-state index contributed by atoms with van der Waals surface area (Å²) in [6, 6.07) is 5.26. The second kappa shape index (κ2) is 4.95. The monoisotopic (exact) mass is 320 g/mol. The van der Waals surface area contributed by atoms with Gasteiger partial charge in [0.2, 0.25) is 0 Å². The second-order valence-corrected chi connectivity index (χ2v) is 6.63. The first-order chi connectivity index (χ1) is 9.08. The van der Waals surface area contributed by atoms with Gasteiger partial charge in [0, 0.05) is 34.7 Å². The van der Waals surface area contributed by atoms with E-state index in [9.17, 15) is 0 Å². The van der Waals surface area contributed by atoms with Crippen molar-refractivity contribution in [1.82, 2.24) is 9.88 Å². The molecule has 1 aliphatic heterocycles. The summed E-state index contributed by atoms with van der Waals surface area (Å²) in [6.07, 6.45) is 2.47. The van der Waals surface area contributed by atoms with E-state index in [-0.39, 0.29) is 0 Å². The highest BCUT2D eigenvalue weighted by atomic mass is 79.9. The smallest absolute Gasteiger partial charge is 0.0526 e. The van der Waals surface area contributed by atoms with Gasteiger partial charge >= 0.3 is 0 Å². The van der Waals surface area contributed by atoms with Gasteiger partial charge in [0.1, 0.15) is 0 Å². The molecule has 0 fully saturated rings. The van der Waals surface area contributed by atoms with E-state index in [1.54, 1.807) is 0 Å². The van der Waals surface area contributed by atoms with Crippen molar-refractivity contribution in [3.63, 3.8) is 0 Å². The fourth-order valence-corrected chi connectivity index (χ4v) is 3.57. The third-order valence-electron chi connectivity index (χ3n) is 4.02. The Labute approximate surface area is 123 Å². The first kappa shape index (κ1) is 13.2. The lowest BCUT2D eigenvalue weighted by molar-refractivity contribution is 0.587. The maximum absolute atomic E-state index is 3.78. The molecule has 1 N–H and O–H groups in total. The molecule has 0 aliphatic carbocycles. The van der Waals surface area contributed by atoms with Crippen LogP contribution in [0.5, 0.6) is 0 Å². The van der Waals surface area contributed by atoms with E-state index in [0.29, 0.717) is 6.04 Å². The Morgan fingerprint density at radius 1 is 1.37 bits per heavy atom. The van der Waals surface area contributed by atoms with Crippen molar-refractivity contribution >= 4 is 26.8 Å². The maximum Gasteiger partial charge on any atom is 0.0526 e. The normalized spacial score (nSPS) is 14.6. The molecule has 0 atom stereocenters. The Balaban J connectivity index is 2.12. The van der Waals surface area contributed by atoms with Crippen molar-refractivity contribution in [3.05, 3.63) is 33.4 Å². The minimum Gasteiger partial charge on any atom is -0.343 e. The molecule has 0 saturated heterocycles. The van der Waals surface area contributed by atoms with Gasteiger partial charge in [0.25, 0.3) is 0 Å². The number of aryl methyl sites for hydroxylation is 2. The molecule has 102 valence electrons. The van der Waals surface area contributed by atoms with Crippen LogP contribution in [0.4, 0.5) is 0 Å². The summed E-state index contributed by atoms with van der Waals surface area (Å²) in [5, 5.41) is 4.90. The molecule has 3 rings (SSSR count). The van der Waals surface area contributed by atoms with Gasteiger partial charge in [-0.3, -0.25) is 0 Å². The van der Waals surface area contributed by atoms with Crippen molar-refractivity contribution in [2.75, 3.05) is 0 Å². The standard InChI is InChI=1S/C16H21BrN2/c1-10(2)18-9-12-7-13-5-4-6-19-11(3)15(17)14(8-12)16(13)19/h7-8,10,18H,4-6,9H2,1-3H3. The molecule has 19 heavy (non-hydrogen) atoms. The summed E-state index contributed by atoms with van der Waals surface area (Å²) in [5.74, 6) is 0. The molecule has 0 spiro atoms. The number of hydrogen-bond donors (Lipinski definition) is 1. The number of nitrogens with one attached hydrogen (secondary N) is 1. The lowest BCUT2D eigenvalue weighted by Gasteiger charge is -2.18. The van der Waals surface area contributed by atoms with E-state index in [0.717, 1.165) is 13.1 Å². The lowest BCUT2D eigenvalue weighted by Crippen LogP contribution is -2.22. The highest BCUT2D eigenvalue weighted by Gasteiger charge is 2.19. The Bertz CT molecular complexity index is 625. The minimum atomic E-state index is 0.529. The maximum atomic E-state index is 3.78. The van der Waals surface area contributed by atoms with Gasteiger partial charge in [0.15, 0.2) is 0 Å². The quantitative estimate of drug-likeness (QED) is 0.898. The van der Waals surface area contributed by atoms with Crippen LogP contribution < -0.4 is 5.32 Å². The van der Waals surface area contributed by atoms with Crippen molar-refractivity contribution in [3.8, 4) is 0 Å². The number of nitrogens with zero attached hydrogens (tertiary/aromatic N) is 1. The number of aromatic nitrogens is 1. The predicted molar refractivity (Wildman–Crippen MR) is 84.7 cm³/mol. The average molecular weight is 321 g/mol. The SMILES string of the molecule is Cc1c(Br)c2cc(CNC(C)C)cc3c2n1CCC3. The van der Waals surface area contributed by atoms with Crippen LogP contribution in [0, 0.1) is 6.92 Å². The van der Waals surface area contributed by atoms with Gasteiger partial charge in [-0.25, -0.2) is 0 Å². The van der Waals surface area contributed by atoms with Crippen LogP contribution in [0.15, 0.2) is 16.6 Å². The predicted octanol–water partition coefficient (Wildman–Crippen LogP) is 4.16. The first-order valence-electron chi connectivity index (χ1n) is 7.11. The molecule has 2 nitrogen and oxygen atoms in total. The van der Waals surface area contributed by atoms with E-state index in [4.69, 9.17) is 0 Å². The summed E-state index contributed by atoms with van der Waals surface area (Å²) in [4.78, 5) is 0. The topological polar surface area (TPSA) is 17.0 Å². The molecular formula is C16H21BrN2. The Morgan fingerprint density at radius 2 is 2.16 bits per heavy atom. The van der Waals surface area contributed by atoms with Crippen molar-refractivity contribution in [2.45, 2.75) is 52.7 Å². The molecule has 1 aliphatic rings. The Kier molecular flexibility index (Phi) is 3.44. The molecule has 1 aromatic carbocycles. The molecule has 0 radical (unpaired) electrons. The zero-order valence-electron chi connectivity index (χ0n) is 11.9. The largest absolute Gasteiger partial charge is 0.343 e. The molecule has 2 heterocycles. The van der Waals surface area contributed by atoms with E-state index in [2.05, 4.69) is 58.7 Å². The van der Waals surface area contributed by atoms with Gasteiger partial charge < -0.3 is 9.88 Å². The third kappa shape index (κ3) is 2.23. The average Bonchev–Trinajstić information content (AvgIpc) is 2.64. The summed E-state index contributed by atoms with van der Waals surface area (Å²) >= 11 is 3.78.